The molecular weight excluding hydrogens is 1170 g/mol. The van der Waals surface area contributed by atoms with Gasteiger partial charge in [0, 0.05) is 24.3 Å². The molecule has 476 valence electrons. The summed E-state index contributed by atoms with van der Waals surface area (Å²) in [6.45, 7) is 15.8. The monoisotopic (exact) mass is 1260 g/mol. The lowest BCUT2D eigenvalue weighted by molar-refractivity contribution is -0.142. The van der Waals surface area contributed by atoms with Gasteiger partial charge in [-0.05, 0) is 91.8 Å². The number of ether oxygens (including phenoxy) is 2. The molecule has 5 aromatic rings. The minimum absolute atomic E-state index is 0.00611. The largest absolute Gasteiger partial charge is 0.480 e. The Morgan fingerprint density at radius 2 is 1.03 bits per heavy atom. The molecule has 0 saturated heterocycles. The van der Waals surface area contributed by atoms with E-state index in [1.54, 1.807) is 41.5 Å². The van der Waals surface area contributed by atoms with E-state index in [1.807, 2.05) is 153 Å². The van der Waals surface area contributed by atoms with E-state index >= 15 is 0 Å². The summed E-state index contributed by atoms with van der Waals surface area (Å²) in [4.78, 5) is 123. The van der Waals surface area contributed by atoms with Gasteiger partial charge < -0.3 is 57.1 Å². The molecule has 9 N–H and O–H groups in total. The number of fused-ring (bicyclic) bond motifs is 3. The number of carboxylic acids is 1. The second-order valence-corrected chi connectivity index (χ2v) is 25.9. The van der Waals surface area contributed by atoms with Gasteiger partial charge in [0.2, 0.25) is 41.4 Å². The van der Waals surface area contributed by atoms with Crippen molar-refractivity contribution < 1.29 is 57.7 Å². The van der Waals surface area contributed by atoms with Crippen molar-refractivity contribution in [2.24, 2.45) is 11.8 Å². The first-order valence-electron chi connectivity index (χ1n) is 29.7. The van der Waals surface area contributed by atoms with Crippen molar-refractivity contribution in [2.45, 2.75) is 134 Å². The number of hydrogen-bond donors (Lipinski definition) is 9. The van der Waals surface area contributed by atoms with Gasteiger partial charge in [-0.15, -0.1) is 23.5 Å². The van der Waals surface area contributed by atoms with Crippen LogP contribution in [0.3, 0.4) is 0 Å². The predicted octanol–water partition coefficient (Wildman–Crippen LogP) is 7.00. The lowest BCUT2D eigenvalue weighted by Crippen LogP contribution is -2.61. The molecule has 0 spiro atoms. The van der Waals surface area contributed by atoms with Crippen LogP contribution in [0.2, 0.25) is 0 Å². The number of aliphatic carboxylic acids is 1. The van der Waals surface area contributed by atoms with Crippen LogP contribution in [0, 0.1) is 11.8 Å². The van der Waals surface area contributed by atoms with Crippen LogP contribution in [-0.4, -0.2) is 137 Å². The number of benzene rings is 5. The quantitative estimate of drug-likeness (QED) is 0.0123. The zero-order valence-electron chi connectivity index (χ0n) is 52.0. The number of carboxylic acid groups (broad SMARTS) is 1. The molecule has 0 saturated carbocycles. The van der Waals surface area contributed by atoms with E-state index in [0.29, 0.717) is 0 Å². The van der Waals surface area contributed by atoms with Gasteiger partial charge in [-0.1, -0.05) is 167 Å². The third-order valence-electron chi connectivity index (χ3n) is 14.7. The van der Waals surface area contributed by atoms with Crippen molar-refractivity contribution in [1.82, 2.24) is 42.5 Å². The Bertz CT molecular complexity index is 3100. The Morgan fingerprint density at radius 3 is 1.53 bits per heavy atom. The zero-order chi connectivity index (χ0) is 65.0. The van der Waals surface area contributed by atoms with Crippen LogP contribution in [-0.2, 0) is 52.6 Å². The lowest BCUT2D eigenvalue weighted by atomic mass is 9.84. The van der Waals surface area contributed by atoms with E-state index in [1.165, 1.54) is 25.6 Å². The fourth-order valence-electron chi connectivity index (χ4n) is 10.4. The van der Waals surface area contributed by atoms with Crippen molar-refractivity contribution in [1.29, 1.82) is 0 Å². The molecule has 6 rings (SSSR count). The molecule has 0 bridgehead atoms. The van der Waals surface area contributed by atoms with E-state index in [-0.39, 0.29) is 48.2 Å². The van der Waals surface area contributed by atoms with Gasteiger partial charge in [0.25, 0.3) is 0 Å². The van der Waals surface area contributed by atoms with Crippen LogP contribution < -0.4 is 42.5 Å². The average Bonchev–Trinajstić information content (AvgIpc) is 2.06. The highest BCUT2D eigenvalue weighted by atomic mass is 32.2. The Kier molecular flexibility index (Phi) is 25.8. The van der Waals surface area contributed by atoms with Crippen LogP contribution in [0.25, 0.3) is 11.1 Å². The number of amides is 8. The van der Waals surface area contributed by atoms with Gasteiger partial charge in [0.05, 0.1) is 28.9 Å². The number of rotatable bonds is 31. The third kappa shape index (κ3) is 19.9. The van der Waals surface area contributed by atoms with Gasteiger partial charge in [0.1, 0.15) is 42.9 Å². The topological polar surface area (TPSA) is 289 Å². The first-order valence-corrected chi connectivity index (χ1v) is 31.9. The molecule has 0 unspecified atom stereocenters. The van der Waals surface area contributed by atoms with Crippen LogP contribution in [0.15, 0.2) is 140 Å². The minimum Gasteiger partial charge on any atom is -0.480 e. The molecule has 0 aliphatic heterocycles. The highest BCUT2D eigenvalue weighted by Gasteiger charge is 2.40. The van der Waals surface area contributed by atoms with Crippen molar-refractivity contribution in [3.63, 3.8) is 0 Å². The first kappa shape index (κ1) is 69.9. The summed E-state index contributed by atoms with van der Waals surface area (Å²) in [6, 6.07) is 36.8. The van der Waals surface area contributed by atoms with Gasteiger partial charge in [0.15, 0.2) is 0 Å². The van der Waals surface area contributed by atoms with Crippen molar-refractivity contribution in [3.8, 4) is 11.1 Å². The molecule has 89 heavy (non-hydrogen) atoms. The molecule has 20 nitrogen and oxygen atoms in total. The fourth-order valence-corrected chi connectivity index (χ4v) is 12.9. The summed E-state index contributed by atoms with van der Waals surface area (Å²) in [6.07, 6.45) is -1.80. The minimum atomic E-state index is -1.51. The Hall–Kier alpha value is -8.21. The Labute approximate surface area is 529 Å². The number of carbonyl (C=O) groups is 9. The molecule has 0 aromatic heterocycles. The highest BCUT2D eigenvalue weighted by molar-refractivity contribution is 8.00. The van der Waals surface area contributed by atoms with Crippen LogP contribution in [0.5, 0.6) is 0 Å². The van der Waals surface area contributed by atoms with E-state index in [0.717, 1.165) is 50.7 Å². The molecular formula is C67H84N8O12S2. The summed E-state index contributed by atoms with van der Waals surface area (Å²) < 4.78 is 11.0. The highest BCUT2D eigenvalue weighted by Crippen LogP contribution is 2.49. The van der Waals surface area contributed by atoms with E-state index in [2.05, 4.69) is 42.5 Å². The van der Waals surface area contributed by atoms with Crippen LogP contribution in [0.4, 0.5) is 4.79 Å². The maximum Gasteiger partial charge on any atom is 0.407 e. The molecule has 22 heteroatoms. The second kappa shape index (κ2) is 32.9. The van der Waals surface area contributed by atoms with E-state index < -0.39 is 113 Å². The Balaban J connectivity index is 1.17. The van der Waals surface area contributed by atoms with Crippen LogP contribution >= 0.6 is 23.5 Å². The molecule has 0 radical (unpaired) electrons. The number of carbonyl (C=O) groups excluding carboxylic acids is 8. The van der Waals surface area contributed by atoms with Crippen molar-refractivity contribution in [2.75, 3.05) is 30.5 Å². The summed E-state index contributed by atoms with van der Waals surface area (Å²) in [5, 5.41) is 31.4. The normalized spacial score (nSPS) is 14.4. The molecule has 1 aliphatic carbocycles. The molecule has 1 aliphatic rings. The van der Waals surface area contributed by atoms with Crippen LogP contribution in [0.1, 0.15) is 109 Å². The average molecular weight is 1260 g/mol. The number of hydrogen-bond acceptors (Lipinski definition) is 13. The first-order chi connectivity index (χ1) is 42.3. The zero-order valence-corrected chi connectivity index (χ0v) is 53.7. The number of thioether (sulfide) groups is 2. The van der Waals surface area contributed by atoms with Gasteiger partial charge >= 0.3 is 12.1 Å². The van der Waals surface area contributed by atoms with Gasteiger partial charge in [-0.2, -0.15) is 0 Å². The molecule has 8 amide bonds. The number of nitrogens with one attached hydrogen (secondary N) is 8. The molecule has 0 heterocycles. The van der Waals surface area contributed by atoms with E-state index in [9.17, 15) is 48.3 Å². The molecule has 5 aromatic carbocycles. The lowest BCUT2D eigenvalue weighted by Gasteiger charge is -2.36. The van der Waals surface area contributed by atoms with E-state index in [4.69, 9.17) is 9.47 Å². The fraction of sp³-hybridized carbons (Fsp3) is 0.418. The van der Waals surface area contributed by atoms with Crippen molar-refractivity contribution in [3.05, 3.63) is 167 Å². The van der Waals surface area contributed by atoms with Gasteiger partial charge in [-0.3, -0.25) is 33.6 Å². The number of alkyl carbamates (subject to hydrolysis) is 1. The SMILES string of the molecule is CC(=O)NCSC[C@H](NC(=O)[C@H](C)NC(=O)[C@@H](NC(=O)OCC1c2ccccc2-c2ccccc21)C(C)C)C(=O)N[C@H](C(=O)NCC(=O)N[C@@H](CSC(c1ccccc1)(c1ccccc1)c1ccccc1)C(=O)N[C@@H](CC(C)C)C(=O)O)[C@@H](C)OC(C)(C)C. The Morgan fingerprint density at radius 1 is 0.539 bits per heavy atom. The summed E-state index contributed by atoms with van der Waals surface area (Å²) in [7, 11) is 0. The maximum absolute atomic E-state index is 14.5. The van der Waals surface area contributed by atoms with Gasteiger partial charge in [-0.25, -0.2) is 9.59 Å². The standard InChI is InChI=1S/C67H84N8O12S2/c1-40(2)34-53(64(83)84)72-60(79)55(38-89-67(45-24-14-11-15-25-45,46-26-16-12-17-27-46)47-28-18-13-19-29-47)71-56(77)35-68-62(81)58(43(6)87-66(8,9)10)74-61(80)54(37-88-39-69-44(7)76)73-59(78)42(5)70-63(82)57(41(3)4)75-65(85)86-36-52-50-32-22-20-30-48(50)49-31-21-23-33-51(49)52/h11-33,40-43,52-55,57-58H,34-39H2,1-10H3,(H,68,81)(H,69,76)(H,70,82)(H,71,77)(H,72,79)(H,73,78)(H,74,80)(H,75,85)(H,83,84)/t42-,43+,53-,54-,55-,57-,58-/m0/s1. The van der Waals surface area contributed by atoms with Crippen molar-refractivity contribution >= 4 is 76.9 Å². The smallest absolute Gasteiger partial charge is 0.407 e. The molecule has 7 atom stereocenters. The third-order valence-corrected chi connectivity index (χ3v) is 17.2. The maximum atomic E-state index is 14.5. The second-order valence-electron chi connectivity index (χ2n) is 23.6. The molecule has 0 fully saturated rings. The summed E-state index contributed by atoms with van der Waals surface area (Å²) >= 11 is 2.44. The predicted molar refractivity (Wildman–Crippen MR) is 345 cm³/mol. The summed E-state index contributed by atoms with van der Waals surface area (Å²) in [5.41, 5.74) is 5.87. The summed E-state index contributed by atoms with van der Waals surface area (Å²) in [5.74, 6) is -7.41.